The minimum Gasteiger partial charge on any atom is -0.465 e. The van der Waals surface area contributed by atoms with Gasteiger partial charge in [-0.05, 0) is 36.3 Å². The van der Waals surface area contributed by atoms with Crippen molar-refractivity contribution in [2.24, 2.45) is 11.3 Å². The summed E-state index contributed by atoms with van der Waals surface area (Å²) in [6.07, 6.45) is 1.93. The summed E-state index contributed by atoms with van der Waals surface area (Å²) in [7, 11) is 0. The Balaban J connectivity index is 2.26. The zero-order chi connectivity index (χ0) is 18.8. The molecule has 0 fully saturated rings. The van der Waals surface area contributed by atoms with Crippen LogP contribution in [0, 0.1) is 11.3 Å². The number of hydrogen-bond acceptors (Lipinski definition) is 5. The van der Waals surface area contributed by atoms with Gasteiger partial charge in [0.15, 0.2) is 0 Å². The molecule has 0 bridgehead atoms. The van der Waals surface area contributed by atoms with Crippen LogP contribution < -0.4 is 0 Å². The topological polar surface area (TPSA) is 72.8 Å². The normalized spacial score (nSPS) is 30.8. The molecule has 2 aliphatic carbocycles. The van der Waals surface area contributed by atoms with E-state index in [0.717, 1.165) is 17.6 Å². The zero-order valence-electron chi connectivity index (χ0n) is 14.9. The van der Waals surface area contributed by atoms with Crippen molar-refractivity contribution in [1.82, 2.24) is 0 Å². The Morgan fingerprint density at radius 2 is 1.88 bits per heavy atom. The fourth-order valence-electron chi connectivity index (χ4n) is 4.01. The van der Waals surface area contributed by atoms with Crippen LogP contribution >= 0.6 is 23.2 Å². The van der Waals surface area contributed by atoms with E-state index in [4.69, 9.17) is 32.7 Å². The molecule has 2 rings (SSSR count). The molecular formula is C18H26Cl2O5. The molecule has 0 aromatic carbocycles. The average molecular weight is 393 g/mol. The highest BCUT2D eigenvalue weighted by Gasteiger charge is 2.52. The van der Waals surface area contributed by atoms with E-state index in [0.29, 0.717) is 19.3 Å². The van der Waals surface area contributed by atoms with E-state index in [1.54, 1.807) is 0 Å². The Morgan fingerprint density at radius 1 is 1.24 bits per heavy atom. The highest BCUT2D eigenvalue weighted by Crippen LogP contribution is 2.54. The number of hydrogen-bond donors (Lipinski definition) is 1. The van der Waals surface area contributed by atoms with Crippen molar-refractivity contribution in [1.29, 1.82) is 0 Å². The van der Waals surface area contributed by atoms with Gasteiger partial charge in [-0.25, -0.2) is 0 Å². The molecule has 1 N–H and O–H groups in total. The van der Waals surface area contributed by atoms with Gasteiger partial charge in [0.1, 0.15) is 17.9 Å². The summed E-state index contributed by atoms with van der Waals surface area (Å²) in [4.78, 5) is 23.0. The van der Waals surface area contributed by atoms with Gasteiger partial charge < -0.3 is 14.6 Å². The molecule has 0 radical (unpaired) electrons. The van der Waals surface area contributed by atoms with Crippen LogP contribution in [0.25, 0.3) is 0 Å². The van der Waals surface area contributed by atoms with Crippen LogP contribution in [0.4, 0.5) is 0 Å². The van der Waals surface area contributed by atoms with Gasteiger partial charge in [-0.1, -0.05) is 20.8 Å². The minimum atomic E-state index is -1.05. The van der Waals surface area contributed by atoms with Gasteiger partial charge in [-0.3, -0.25) is 9.59 Å². The average Bonchev–Trinajstić information content (AvgIpc) is 2.83. The molecular weight excluding hydrogens is 367 g/mol. The third-order valence-corrected chi connectivity index (χ3v) is 5.74. The molecule has 3 atom stereocenters. The summed E-state index contributed by atoms with van der Waals surface area (Å²) in [6, 6.07) is 0. The molecule has 5 nitrogen and oxygen atoms in total. The van der Waals surface area contributed by atoms with Crippen molar-refractivity contribution in [3.63, 3.8) is 0 Å². The summed E-state index contributed by atoms with van der Waals surface area (Å²) < 4.78 is 10.7. The summed E-state index contributed by atoms with van der Waals surface area (Å²) in [6.45, 7) is 6.25. The number of halogens is 2. The first-order chi connectivity index (χ1) is 11.6. The quantitative estimate of drug-likeness (QED) is 0.426. The minimum absolute atomic E-state index is 0.111. The molecule has 0 aromatic rings. The van der Waals surface area contributed by atoms with E-state index in [1.807, 2.05) is 13.8 Å². The van der Waals surface area contributed by atoms with Crippen molar-refractivity contribution < 1.29 is 24.2 Å². The van der Waals surface area contributed by atoms with Crippen LogP contribution in [0.1, 0.15) is 46.5 Å². The Hall–Kier alpha value is -0.780. The van der Waals surface area contributed by atoms with Crippen LogP contribution in [0.3, 0.4) is 0 Å². The maximum Gasteiger partial charge on any atom is 0.321 e. The van der Waals surface area contributed by atoms with Gasteiger partial charge in [-0.2, -0.15) is 0 Å². The predicted octanol–water partition coefficient (Wildman–Crippen LogP) is 3.20. The third-order valence-electron chi connectivity index (χ3n) is 5.30. The van der Waals surface area contributed by atoms with Crippen LogP contribution in [0.15, 0.2) is 11.1 Å². The lowest BCUT2D eigenvalue weighted by Gasteiger charge is -2.38. The second-order valence-corrected chi connectivity index (χ2v) is 8.21. The predicted molar refractivity (Wildman–Crippen MR) is 95.7 cm³/mol. The number of carbonyl (C=O) groups is 2. The van der Waals surface area contributed by atoms with Gasteiger partial charge >= 0.3 is 11.9 Å². The van der Waals surface area contributed by atoms with E-state index in [1.165, 1.54) is 0 Å². The number of rotatable bonds is 6. The molecule has 25 heavy (non-hydrogen) atoms. The fourth-order valence-corrected chi connectivity index (χ4v) is 4.15. The maximum absolute atomic E-state index is 11.8. The molecule has 2 aliphatic rings. The maximum atomic E-state index is 11.8. The number of alkyl halides is 2. The molecule has 0 aromatic heterocycles. The van der Waals surface area contributed by atoms with Crippen LogP contribution in [0.5, 0.6) is 0 Å². The molecule has 0 amide bonds. The van der Waals surface area contributed by atoms with Crippen molar-refractivity contribution in [2.45, 2.75) is 58.2 Å². The number of carbonyl (C=O) groups excluding carboxylic acids is 2. The summed E-state index contributed by atoms with van der Waals surface area (Å²) >= 11 is 11.0. The monoisotopic (exact) mass is 392 g/mol. The molecule has 0 saturated carbocycles. The van der Waals surface area contributed by atoms with E-state index < -0.39 is 17.5 Å². The summed E-state index contributed by atoms with van der Waals surface area (Å²) in [5.41, 5.74) is 0.561. The van der Waals surface area contributed by atoms with Gasteiger partial charge in [-0.15, -0.1) is 23.2 Å². The van der Waals surface area contributed by atoms with Crippen molar-refractivity contribution >= 4 is 35.1 Å². The van der Waals surface area contributed by atoms with Crippen molar-refractivity contribution in [2.75, 3.05) is 18.4 Å². The lowest BCUT2D eigenvalue weighted by atomic mass is 9.74. The Labute approximate surface area is 158 Å². The fraction of sp³-hybridized carbons (Fsp3) is 0.778. The molecule has 0 heterocycles. The summed E-state index contributed by atoms with van der Waals surface area (Å²) in [5, 5.41) is 11.2. The van der Waals surface area contributed by atoms with Crippen LogP contribution in [-0.2, 0) is 19.1 Å². The first kappa shape index (κ1) is 20.5. The second kappa shape index (κ2) is 7.85. The molecule has 142 valence electrons. The highest BCUT2D eigenvalue weighted by molar-refractivity contribution is 6.26. The Bertz CT molecular complexity index is 572. The third kappa shape index (κ3) is 4.32. The molecule has 0 unspecified atom stereocenters. The second-order valence-electron chi connectivity index (χ2n) is 7.68. The van der Waals surface area contributed by atoms with Gasteiger partial charge in [0.2, 0.25) is 0 Å². The molecule has 0 spiro atoms. The van der Waals surface area contributed by atoms with Gasteiger partial charge in [0.25, 0.3) is 0 Å². The van der Waals surface area contributed by atoms with Crippen LogP contribution in [-0.4, -0.2) is 47.1 Å². The highest BCUT2D eigenvalue weighted by atomic mass is 35.5. The lowest BCUT2D eigenvalue weighted by molar-refractivity contribution is -0.149. The number of esters is 2. The van der Waals surface area contributed by atoms with Gasteiger partial charge in [0, 0.05) is 11.8 Å². The van der Waals surface area contributed by atoms with E-state index in [-0.39, 0.29) is 35.8 Å². The summed E-state index contributed by atoms with van der Waals surface area (Å²) in [5.74, 6) is -1.12. The lowest BCUT2D eigenvalue weighted by Crippen LogP contribution is -2.38. The zero-order valence-corrected chi connectivity index (χ0v) is 16.5. The smallest absolute Gasteiger partial charge is 0.321 e. The Morgan fingerprint density at radius 3 is 2.48 bits per heavy atom. The van der Waals surface area contributed by atoms with Crippen molar-refractivity contribution in [3.05, 3.63) is 11.1 Å². The van der Waals surface area contributed by atoms with E-state index >= 15 is 0 Å². The van der Waals surface area contributed by atoms with Crippen molar-refractivity contribution in [3.8, 4) is 0 Å². The standard InChI is InChI=1S/C18H26Cl2O5/c1-11-4-5-18(23,6-7-24-13(21)9-19)12-8-17(2,3)16(15(11)12)25-14(22)10-20/h11,16,23H,4-10H2,1-3H3/t11-,16+,18+/m1/s1. The van der Waals surface area contributed by atoms with E-state index in [9.17, 15) is 14.7 Å². The first-order valence-electron chi connectivity index (χ1n) is 8.57. The number of ether oxygens (including phenoxy) is 2. The van der Waals surface area contributed by atoms with Crippen LogP contribution in [0.2, 0.25) is 0 Å². The first-order valence-corrected chi connectivity index (χ1v) is 9.64. The van der Waals surface area contributed by atoms with E-state index in [2.05, 4.69) is 6.92 Å². The molecule has 0 aliphatic heterocycles. The largest absolute Gasteiger partial charge is 0.465 e. The molecule has 0 saturated heterocycles. The number of aliphatic hydroxyl groups is 1. The Kier molecular flexibility index (Phi) is 6.45. The SMILES string of the molecule is C[C@@H]1CC[C@](O)(CCOC(=O)CCl)C2=C1[C@H](OC(=O)CCl)C(C)(C)C2. The van der Waals surface area contributed by atoms with Gasteiger partial charge in [0.05, 0.1) is 12.2 Å². The molecule has 7 heteroatoms.